The molecular formula is C32H30N2O. The first kappa shape index (κ1) is 22.9. The normalized spacial score (nSPS) is 19.5. The minimum Gasteiger partial charge on any atom is -0.312 e. The summed E-state index contributed by atoms with van der Waals surface area (Å²) in [5, 5.41) is 10.6. The average molecular weight is 459 g/mol. The molecule has 0 fully saturated rings. The zero-order valence-corrected chi connectivity index (χ0v) is 20.8. The van der Waals surface area contributed by atoms with Gasteiger partial charge in [-0.25, -0.2) is 0 Å². The highest BCUT2D eigenvalue weighted by Gasteiger charge is 2.45. The summed E-state index contributed by atoms with van der Waals surface area (Å²) in [6, 6.07) is 29.3. The fourth-order valence-corrected chi connectivity index (χ4v) is 5.43. The molecule has 1 unspecified atom stereocenters. The molecule has 0 bridgehead atoms. The second kappa shape index (κ2) is 8.71. The van der Waals surface area contributed by atoms with E-state index in [1.54, 1.807) is 0 Å². The van der Waals surface area contributed by atoms with Crippen LogP contribution in [0.5, 0.6) is 0 Å². The third-order valence-corrected chi connectivity index (χ3v) is 7.09. The Bertz CT molecular complexity index is 1380. The summed E-state index contributed by atoms with van der Waals surface area (Å²) in [7, 11) is 0. The Balaban J connectivity index is 1.87. The topological polar surface area (TPSA) is 44.1 Å². The largest absolute Gasteiger partial charge is 0.312 e. The van der Waals surface area contributed by atoms with Gasteiger partial charge in [-0.05, 0) is 48.9 Å². The van der Waals surface area contributed by atoms with Gasteiger partial charge in [0, 0.05) is 23.4 Å². The van der Waals surface area contributed by atoms with E-state index < -0.39 is 0 Å². The Kier molecular flexibility index (Phi) is 5.69. The van der Waals surface area contributed by atoms with E-state index in [9.17, 15) is 10.1 Å². The van der Waals surface area contributed by atoms with Gasteiger partial charge < -0.3 is 4.90 Å². The number of ketones is 1. The summed E-state index contributed by atoms with van der Waals surface area (Å²) in [5.74, 6) is -0.241. The summed E-state index contributed by atoms with van der Waals surface area (Å²) < 4.78 is 0. The van der Waals surface area contributed by atoms with Crippen molar-refractivity contribution in [3.63, 3.8) is 0 Å². The van der Waals surface area contributed by atoms with Gasteiger partial charge in [-0.2, -0.15) is 5.26 Å². The van der Waals surface area contributed by atoms with Crippen LogP contribution >= 0.6 is 0 Å². The van der Waals surface area contributed by atoms with E-state index in [2.05, 4.69) is 99.3 Å². The molecule has 2 aliphatic rings. The Morgan fingerprint density at radius 1 is 0.857 bits per heavy atom. The lowest BCUT2D eigenvalue weighted by atomic mass is 9.67. The minimum atomic E-state index is -0.379. The zero-order chi connectivity index (χ0) is 24.7. The zero-order valence-electron chi connectivity index (χ0n) is 20.8. The van der Waals surface area contributed by atoms with Crippen LogP contribution in [0.25, 0.3) is 5.70 Å². The maximum Gasteiger partial charge on any atom is 0.162 e. The first-order chi connectivity index (χ1) is 16.8. The third-order valence-electron chi connectivity index (χ3n) is 7.09. The number of nitrogens with zero attached hydrogens (tertiary/aromatic N) is 2. The van der Waals surface area contributed by atoms with Gasteiger partial charge >= 0.3 is 0 Å². The number of allylic oxidation sites excluding steroid dienone is 3. The number of anilines is 1. The summed E-state index contributed by atoms with van der Waals surface area (Å²) in [5.41, 5.74) is 8.37. The van der Waals surface area contributed by atoms with Gasteiger partial charge in [-0.1, -0.05) is 91.7 Å². The number of benzene rings is 3. The van der Waals surface area contributed by atoms with Crippen molar-refractivity contribution in [2.75, 3.05) is 4.90 Å². The molecule has 35 heavy (non-hydrogen) atoms. The molecule has 3 heteroatoms. The number of Topliss-reactive ketones (excluding diaryl/α,β-unsaturated/α-hetero) is 1. The Morgan fingerprint density at radius 3 is 2.06 bits per heavy atom. The summed E-state index contributed by atoms with van der Waals surface area (Å²) >= 11 is 0. The molecule has 1 heterocycles. The van der Waals surface area contributed by atoms with Crippen molar-refractivity contribution in [1.29, 1.82) is 5.26 Å². The van der Waals surface area contributed by atoms with Crippen LogP contribution < -0.4 is 4.90 Å². The molecule has 0 saturated heterocycles. The predicted molar refractivity (Wildman–Crippen MR) is 142 cm³/mol. The van der Waals surface area contributed by atoms with Crippen molar-refractivity contribution in [1.82, 2.24) is 0 Å². The lowest BCUT2D eigenvalue weighted by molar-refractivity contribution is -0.118. The number of aryl methyl sites for hydroxylation is 2. The van der Waals surface area contributed by atoms with Crippen molar-refractivity contribution in [3.05, 3.63) is 118 Å². The van der Waals surface area contributed by atoms with Gasteiger partial charge in [0.15, 0.2) is 5.78 Å². The van der Waals surface area contributed by atoms with Crippen LogP contribution in [0, 0.1) is 30.6 Å². The van der Waals surface area contributed by atoms with Gasteiger partial charge in [-0.3, -0.25) is 4.79 Å². The average Bonchev–Trinajstić information content (AvgIpc) is 2.84. The SMILES string of the molecule is Cc1ccc(C2C(C#N)=C(c3ccccc3)N(c3ccc(C)cc3)C3=C2C(=O)CC(C)(C)C3)cc1. The third kappa shape index (κ3) is 4.10. The van der Waals surface area contributed by atoms with Crippen LogP contribution in [0.2, 0.25) is 0 Å². The van der Waals surface area contributed by atoms with Gasteiger partial charge in [0.05, 0.1) is 23.3 Å². The van der Waals surface area contributed by atoms with Crippen molar-refractivity contribution < 1.29 is 4.79 Å². The van der Waals surface area contributed by atoms with Crippen molar-refractivity contribution in [2.45, 2.75) is 46.5 Å². The molecule has 1 atom stereocenters. The maximum absolute atomic E-state index is 13.8. The lowest BCUT2D eigenvalue weighted by Crippen LogP contribution is -2.39. The standard InChI is InChI=1S/C32H30N2O/c1-21-10-14-23(15-11-21)29-26(20-33)31(24-8-6-5-7-9-24)34(25-16-12-22(2)13-17-25)27-18-32(3,4)19-28(35)30(27)29/h5-17,29H,18-19H2,1-4H3. The van der Waals surface area contributed by atoms with E-state index in [-0.39, 0.29) is 17.1 Å². The number of rotatable bonds is 3. The van der Waals surface area contributed by atoms with Gasteiger partial charge in [0.1, 0.15) is 0 Å². The van der Waals surface area contributed by atoms with E-state index in [4.69, 9.17) is 0 Å². The number of carbonyl (C=O) groups is 1. The Morgan fingerprint density at radius 2 is 1.46 bits per heavy atom. The van der Waals surface area contributed by atoms with E-state index in [1.165, 1.54) is 5.56 Å². The first-order valence-corrected chi connectivity index (χ1v) is 12.2. The van der Waals surface area contributed by atoms with Crippen molar-refractivity contribution in [2.24, 2.45) is 5.41 Å². The number of carbonyl (C=O) groups excluding carboxylic acids is 1. The van der Waals surface area contributed by atoms with Crippen LogP contribution in [0.3, 0.4) is 0 Å². The molecule has 0 saturated carbocycles. The molecule has 3 nitrogen and oxygen atoms in total. The molecular weight excluding hydrogens is 428 g/mol. The van der Waals surface area contributed by atoms with Crippen LogP contribution in [0.1, 0.15) is 54.9 Å². The minimum absolute atomic E-state index is 0.138. The molecule has 174 valence electrons. The first-order valence-electron chi connectivity index (χ1n) is 12.2. The lowest BCUT2D eigenvalue weighted by Gasteiger charge is -2.45. The highest BCUT2D eigenvalue weighted by molar-refractivity contribution is 6.05. The van der Waals surface area contributed by atoms with E-state index in [0.29, 0.717) is 12.0 Å². The monoisotopic (exact) mass is 458 g/mol. The fourth-order valence-electron chi connectivity index (χ4n) is 5.43. The molecule has 0 amide bonds. The summed E-state index contributed by atoms with van der Waals surface area (Å²) in [4.78, 5) is 16.0. The fraction of sp³-hybridized carbons (Fsp3) is 0.250. The maximum atomic E-state index is 13.8. The Hall–Kier alpha value is -3.90. The summed E-state index contributed by atoms with van der Waals surface area (Å²) in [6.45, 7) is 8.45. The van der Waals surface area contributed by atoms with Crippen LogP contribution in [0.15, 0.2) is 95.7 Å². The van der Waals surface area contributed by atoms with Crippen LogP contribution in [-0.2, 0) is 4.79 Å². The molecule has 1 aliphatic carbocycles. The van der Waals surface area contributed by atoms with Crippen molar-refractivity contribution >= 4 is 17.2 Å². The predicted octanol–water partition coefficient (Wildman–Crippen LogP) is 7.49. The Labute approximate surface area is 208 Å². The highest BCUT2D eigenvalue weighted by atomic mass is 16.1. The van der Waals surface area contributed by atoms with Gasteiger partial charge in [-0.15, -0.1) is 0 Å². The highest BCUT2D eigenvalue weighted by Crippen LogP contribution is 2.52. The van der Waals surface area contributed by atoms with Crippen LogP contribution in [-0.4, -0.2) is 5.78 Å². The van der Waals surface area contributed by atoms with E-state index >= 15 is 0 Å². The number of hydrogen-bond donors (Lipinski definition) is 0. The molecule has 0 radical (unpaired) electrons. The molecule has 5 rings (SSSR count). The molecule has 3 aromatic carbocycles. The van der Waals surface area contributed by atoms with Crippen molar-refractivity contribution in [3.8, 4) is 6.07 Å². The second-order valence-corrected chi connectivity index (χ2v) is 10.6. The molecule has 0 N–H and O–H groups in total. The molecule has 0 spiro atoms. The number of hydrogen-bond acceptors (Lipinski definition) is 3. The molecule has 1 aliphatic heterocycles. The quantitative estimate of drug-likeness (QED) is 0.408. The molecule has 3 aromatic rings. The van der Waals surface area contributed by atoms with Gasteiger partial charge in [0.25, 0.3) is 0 Å². The summed E-state index contributed by atoms with van der Waals surface area (Å²) in [6.07, 6.45) is 1.24. The van der Waals surface area contributed by atoms with E-state index in [0.717, 1.165) is 45.8 Å². The second-order valence-electron chi connectivity index (χ2n) is 10.6. The van der Waals surface area contributed by atoms with E-state index in [1.807, 2.05) is 18.2 Å². The van der Waals surface area contributed by atoms with Gasteiger partial charge in [0.2, 0.25) is 0 Å². The van der Waals surface area contributed by atoms with Crippen LogP contribution in [0.4, 0.5) is 5.69 Å². The smallest absolute Gasteiger partial charge is 0.162 e. The number of nitriles is 1. The molecule has 0 aromatic heterocycles.